The van der Waals surface area contributed by atoms with Crippen LogP contribution in [0, 0.1) is 0 Å². The number of rotatable bonds is 62. The summed E-state index contributed by atoms with van der Waals surface area (Å²) in [6, 6.07) is 0. The van der Waals surface area contributed by atoms with Crippen LogP contribution in [0.15, 0.2) is 72.9 Å². The Morgan fingerprint density at radius 1 is 0.400 bits per heavy atom. The molecule has 80 heavy (non-hydrogen) atoms. The first kappa shape index (κ1) is 77.5. The van der Waals surface area contributed by atoms with Crippen LogP contribution in [-0.2, 0) is 32.7 Å². The van der Waals surface area contributed by atoms with Gasteiger partial charge in [-0.2, -0.15) is 0 Å². The fraction of sp³-hybridized carbons (Fsp3) is 0.800. The largest absolute Gasteiger partial charge is 0.472 e. The SMILES string of the molecule is CC/C=C\C/C=C\C/C=C\C/C=C\C/C=C\CCCCCC(=O)OC(COC(=O)CCCCCCCCCCCCCCCCCCCCCCCCCCC/C=C\CCCCCCCCCC)COP(=O)(O)OCC[N+](C)(C)C. The molecule has 0 saturated heterocycles. The zero-order valence-electron chi connectivity index (χ0n) is 53.1. The van der Waals surface area contributed by atoms with Crippen LogP contribution < -0.4 is 0 Å². The maximum Gasteiger partial charge on any atom is 0.472 e. The molecule has 1 N–H and O–H groups in total. The molecule has 0 fully saturated rings. The van der Waals surface area contributed by atoms with Crippen molar-refractivity contribution in [2.45, 2.75) is 315 Å². The van der Waals surface area contributed by atoms with Gasteiger partial charge in [0.25, 0.3) is 0 Å². The molecule has 0 aliphatic carbocycles. The van der Waals surface area contributed by atoms with Crippen molar-refractivity contribution in [1.82, 2.24) is 0 Å². The molecule has 0 rings (SSSR count). The number of phosphoric acid groups is 1. The first-order valence-corrected chi connectivity index (χ1v) is 35.2. The summed E-state index contributed by atoms with van der Waals surface area (Å²) in [6.07, 6.45) is 81.7. The van der Waals surface area contributed by atoms with Gasteiger partial charge in [-0.1, -0.05) is 286 Å². The fourth-order valence-corrected chi connectivity index (χ4v) is 10.3. The quantitative estimate of drug-likeness (QED) is 0.0211. The maximum absolute atomic E-state index is 12.8. The number of phosphoric ester groups is 1. The van der Waals surface area contributed by atoms with Crippen LogP contribution in [0.2, 0.25) is 0 Å². The smallest absolute Gasteiger partial charge is 0.462 e. The second kappa shape index (κ2) is 61.0. The summed E-state index contributed by atoms with van der Waals surface area (Å²) in [5.74, 6) is -0.827. The van der Waals surface area contributed by atoms with Crippen LogP contribution in [0.1, 0.15) is 309 Å². The minimum atomic E-state index is -4.40. The highest BCUT2D eigenvalue weighted by atomic mass is 31.2. The second-order valence-corrected chi connectivity index (χ2v) is 25.3. The van der Waals surface area contributed by atoms with E-state index in [2.05, 4.69) is 86.8 Å². The van der Waals surface area contributed by atoms with Crippen molar-refractivity contribution in [3.63, 3.8) is 0 Å². The van der Waals surface area contributed by atoms with E-state index in [0.29, 0.717) is 17.4 Å². The lowest BCUT2D eigenvalue weighted by Crippen LogP contribution is -2.37. The Morgan fingerprint density at radius 2 is 0.713 bits per heavy atom. The monoisotopic (exact) mass is 1140 g/mol. The molecular formula is C70H129NO8P+. The molecule has 0 spiro atoms. The van der Waals surface area contributed by atoms with Gasteiger partial charge in [0.1, 0.15) is 19.8 Å². The van der Waals surface area contributed by atoms with Crippen LogP contribution >= 0.6 is 7.82 Å². The van der Waals surface area contributed by atoms with E-state index in [-0.39, 0.29) is 32.0 Å². The molecule has 0 bridgehead atoms. The van der Waals surface area contributed by atoms with Crippen molar-refractivity contribution < 1.29 is 42.1 Å². The molecular weight excluding hydrogens is 1010 g/mol. The van der Waals surface area contributed by atoms with E-state index in [1.165, 1.54) is 205 Å². The number of esters is 2. The summed E-state index contributed by atoms with van der Waals surface area (Å²) in [5.41, 5.74) is 0. The second-order valence-electron chi connectivity index (χ2n) is 23.8. The third-order valence-electron chi connectivity index (χ3n) is 14.7. The molecule has 0 aromatic carbocycles. The molecule has 0 aromatic heterocycles. The van der Waals surface area contributed by atoms with Crippen molar-refractivity contribution >= 4 is 19.8 Å². The van der Waals surface area contributed by atoms with Gasteiger partial charge in [0.15, 0.2) is 6.10 Å². The van der Waals surface area contributed by atoms with Crippen molar-refractivity contribution in [3.05, 3.63) is 72.9 Å². The molecule has 9 nitrogen and oxygen atoms in total. The molecule has 0 radical (unpaired) electrons. The van der Waals surface area contributed by atoms with Crippen molar-refractivity contribution in [2.24, 2.45) is 0 Å². The standard InChI is InChI=1S/C70H128NO8P/c1-6-8-10-12-14-16-18-20-22-24-26-27-28-29-30-31-32-33-34-35-36-37-38-39-40-41-42-43-45-46-48-50-52-54-56-58-60-62-69(72)76-66-68(67-78-80(74,75)77-65-64-71(3,4)5)79-70(73)63-61-59-57-55-53-51-49-47-44-25-23-21-19-17-15-13-11-9-7-2/h9,11,15,17,21,23-24,26,44,47,51,53,68H,6-8,10,12-14,16,18-20,22,25,27-43,45-46,48-50,52,54-67H2,1-5H3/p+1/b11-9-,17-15-,23-21-,26-24-,47-44-,53-51-. The number of unbranched alkanes of at least 4 members (excludes halogenated alkanes) is 36. The summed E-state index contributed by atoms with van der Waals surface area (Å²) in [7, 11) is 1.46. The van der Waals surface area contributed by atoms with Gasteiger partial charge in [-0.15, -0.1) is 0 Å². The van der Waals surface area contributed by atoms with Crippen molar-refractivity contribution in [2.75, 3.05) is 47.5 Å². The van der Waals surface area contributed by atoms with E-state index in [0.717, 1.165) is 70.6 Å². The average molecular weight is 1140 g/mol. The topological polar surface area (TPSA) is 108 Å². The van der Waals surface area contributed by atoms with Gasteiger partial charge >= 0.3 is 19.8 Å². The van der Waals surface area contributed by atoms with Gasteiger partial charge < -0.3 is 18.9 Å². The molecule has 0 aliphatic rings. The first-order valence-electron chi connectivity index (χ1n) is 33.7. The number of carbonyl (C=O) groups is 2. The van der Waals surface area contributed by atoms with Crippen LogP contribution in [0.25, 0.3) is 0 Å². The lowest BCUT2D eigenvalue weighted by Gasteiger charge is -2.24. The number of hydrogen-bond donors (Lipinski definition) is 1. The van der Waals surface area contributed by atoms with Gasteiger partial charge in [-0.05, 0) is 83.5 Å². The Bertz CT molecular complexity index is 1580. The number of quaternary nitrogens is 1. The Kier molecular flexibility index (Phi) is 59.1. The Morgan fingerprint density at radius 3 is 1.09 bits per heavy atom. The molecule has 2 unspecified atom stereocenters. The Hall–Kier alpha value is -2.55. The van der Waals surface area contributed by atoms with E-state index in [1.807, 2.05) is 21.1 Å². The van der Waals surface area contributed by atoms with E-state index in [1.54, 1.807) is 0 Å². The number of allylic oxidation sites excluding steroid dienone is 12. The van der Waals surface area contributed by atoms with E-state index < -0.39 is 26.5 Å². The van der Waals surface area contributed by atoms with Crippen LogP contribution in [0.5, 0.6) is 0 Å². The highest BCUT2D eigenvalue weighted by Gasteiger charge is 2.27. The Balaban J connectivity index is 3.97. The lowest BCUT2D eigenvalue weighted by atomic mass is 10.0. The molecule has 0 heterocycles. The lowest BCUT2D eigenvalue weighted by molar-refractivity contribution is -0.870. The number of nitrogens with zero attached hydrogens (tertiary/aromatic N) is 1. The average Bonchev–Trinajstić information content (AvgIpc) is 3.42. The normalized spacial score (nSPS) is 13.6. The molecule has 0 aliphatic heterocycles. The van der Waals surface area contributed by atoms with Gasteiger partial charge in [-0.3, -0.25) is 18.6 Å². The maximum atomic E-state index is 12.8. The number of hydrogen-bond acceptors (Lipinski definition) is 7. The van der Waals surface area contributed by atoms with Gasteiger partial charge in [0, 0.05) is 12.8 Å². The minimum Gasteiger partial charge on any atom is -0.462 e. The van der Waals surface area contributed by atoms with Crippen LogP contribution in [0.4, 0.5) is 0 Å². The van der Waals surface area contributed by atoms with Crippen molar-refractivity contribution in [3.8, 4) is 0 Å². The first-order chi connectivity index (χ1) is 39.0. The molecule has 0 amide bonds. The van der Waals surface area contributed by atoms with E-state index >= 15 is 0 Å². The summed E-state index contributed by atoms with van der Waals surface area (Å²) < 4.78 is 34.6. The minimum absolute atomic E-state index is 0.0232. The third-order valence-corrected chi connectivity index (χ3v) is 15.7. The highest BCUT2D eigenvalue weighted by Crippen LogP contribution is 2.43. The van der Waals surface area contributed by atoms with Gasteiger partial charge in [0.2, 0.25) is 0 Å². The van der Waals surface area contributed by atoms with Crippen molar-refractivity contribution in [1.29, 1.82) is 0 Å². The van der Waals surface area contributed by atoms with E-state index in [4.69, 9.17) is 18.5 Å². The molecule has 10 heteroatoms. The molecule has 0 aromatic rings. The highest BCUT2D eigenvalue weighted by molar-refractivity contribution is 7.47. The molecule has 466 valence electrons. The number of ether oxygens (including phenoxy) is 2. The van der Waals surface area contributed by atoms with Crippen LogP contribution in [0.3, 0.4) is 0 Å². The summed E-state index contributed by atoms with van der Waals surface area (Å²) in [6.45, 7) is 4.31. The van der Waals surface area contributed by atoms with Gasteiger partial charge in [-0.25, -0.2) is 4.57 Å². The number of likely N-dealkylation sites (N-methyl/N-ethyl adjacent to an activating group) is 1. The summed E-state index contributed by atoms with van der Waals surface area (Å²) in [4.78, 5) is 35.7. The zero-order chi connectivity index (χ0) is 58.4. The predicted octanol–water partition coefficient (Wildman–Crippen LogP) is 21.6. The summed E-state index contributed by atoms with van der Waals surface area (Å²) in [5, 5.41) is 0. The molecule has 0 saturated carbocycles. The van der Waals surface area contributed by atoms with E-state index in [9.17, 15) is 19.0 Å². The van der Waals surface area contributed by atoms with Crippen LogP contribution in [-0.4, -0.2) is 74.9 Å². The Labute approximate surface area is 495 Å². The fourth-order valence-electron chi connectivity index (χ4n) is 9.57. The number of carbonyl (C=O) groups excluding carboxylic acids is 2. The predicted molar refractivity (Wildman–Crippen MR) is 344 cm³/mol. The van der Waals surface area contributed by atoms with Gasteiger partial charge in [0.05, 0.1) is 27.7 Å². The molecule has 2 atom stereocenters. The zero-order valence-corrected chi connectivity index (χ0v) is 54.0. The third kappa shape index (κ3) is 64.6. The summed E-state index contributed by atoms with van der Waals surface area (Å²) >= 11 is 0.